The van der Waals surface area contributed by atoms with Crippen LogP contribution in [0.25, 0.3) is 0 Å². The summed E-state index contributed by atoms with van der Waals surface area (Å²) in [4.78, 5) is 29.8. The van der Waals surface area contributed by atoms with E-state index in [2.05, 4.69) is 33.1 Å². The first-order chi connectivity index (χ1) is 14.2. The minimum absolute atomic E-state index is 0.113. The van der Waals surface area contributed by atoms with Crippen molar-refractivity contribution in [2.45, 2.75) is 13.0 Å². The second-order valence-electron chi connectivity index (χ2n) is 6.86. The van der Waals surface area contributed by atoms with Crippen molar-refractivity contribution in [1.29, 1.82) is 0 Å². The fraction of sp³-hybridized carbons (Fsp3) is 0.318. The Labute approximate surface area is 171 Å². The predicted octanol–water partition coefficient (Wildman–Crippen LogP) is 1.17. The number of hydrogen-bond acceptors (Lipinski definition) is 3. The first-order valence-corrected chi connectivity index (χ1v) is 9.79. The number of hydrogen-bond donors (Lipinski definition) is 3. The van der Waals surface area contributed by atoms with Gasteiger partial charge in [-0.25, -0.2) is 0 Å². The van der Waals surface area contributed by atoms with Crippen LogP contribution in [0.2, 0.25) is 0 Å². The van der Waals surface area contributed by atoms with E-state index in [1.807, 2.05) is 30.3 Å². The summed E-state index contributed by atoms with van der Waals surface area (Å²) in [5.74, 6) is 0.509. The molecule has 1 saturated heterocycles. The Morgan fingerprint density at radius 1 is 1.07 bits per heavy atom. The van der Waals surface area contributed by atoms with Gasteiger partial charge in [-0.15, -0.1) is 0 Å². The Morgan fingerprint density at radius 3 is 2.52 bits per heavy atom. The summed E-state index contributed by atoms with van der Waals surface area (Å²) in [6, 6.07) is 17.7. The summed E-state index contributed by atoms with van der Waals surface area (Å²) in [7, 11) is 1.74. The van der Waals surface area contributed by atoms with Crippen LogP contribution in [0.3, 0.4) is 0 Å². The van der Waals surface area contributed by atoms with E-state index in [-0.39, 0.29) is 18.4 Å². The highest BCUT2D eigenvalue weighted by Crippen LogP contribution is 2.09. The molecule has 1 fully saturated rings. The maximum atomic E-state index is 12.5. The summed E-state index contributed by atoms with van der Waals surface area (Å²) < 4.78 is 0. The van der Waals surface area contributed by atoms with Gasteiger partial charge in [0, 0.05) is 38.8 Å². The molecule has 1 aliphatic heterocycles. The summed E-state index contributed by atoms with van der Waals surface area (Å²) in [6.45, 7) is 2.56. The molecule has 0 radical (unpaired) electrons. The first-order valence-electron chi connectivity index (χ1n) is 9.79. The third kappa shape index (κ3) is 6.07. The number of carbonyl (C=O) groups excluding carboxylic acids is 2. The number of benzene rings is 2. The lowest BCUT2D eigenvalue weighted by atomic mass is 10.1. The predicted molar refractivity (Wildman–Crippen MR) is 114 cm³/mol. The monoisotopic (exact) mass is 393 g/mol. The summed E-state index contributed by atoms with van der Waals surface area (Å²) >= 11 is 0. The normalized spacial score (nSPS) is 14.3. The van der Waals surface area contributed by atoms with Gasteiger partial charge in [-0.1, -0.05) is 42.5 Å². The van der Waals surface area contributed by atoms with E-state index in [0.29, 0.717) is 25.2 Å². The van der Waals surface area contributed by atoms with E-state index < -0.39 is 0 Å². The van der Waals surface area contributed by atoms with E-state index in [1.165, 1.54) is 5.56 Å². The van der Waals surface area contributed by atoms with Gasteiger partial charge in [0.05, 0.1) is 6.54 Å². The minimum Gasteiger partial charge on any atom is -0.356 e. The average molecular weight is 393 g/mol. The van der Waals surface area contributed by atoms with Gasteiger partial charge >= 0.3 is 0 Å². The Morgan fingerprint density at radius 2 is 1.83 bits per heavy atom. The largest absolute Gasteiger partial charge is 0.356 e. The fourth-order valence-electron chi connectivity index (χ4n) is 3.14. The van der Waals surface area contributed by atoms with Crippen molar-refractivity contribution in [2.24, 2.45) is 4.99 Å². The van der Waals surface area contributed by atoms with Gasteiger partial charge in [-0.2, -0.15) is 0 Å². The highest BCUT2D eigenvalue weighted by molar-refractivity contribution is 5.97. The van der Waals surface area contributed by atoms with Crippen molar-refractivity contribution in [3.8, 4) is 0 Å². The molecule has 3 N–H and O–H groups in total. The van der Waals surface area contributed by atoms with Crippen LogP contribution in [0.15, 0.2) is 59.6 Å². The van der Waals surface area contributed by atoms with Crippen LogP contribution in [-0.4, -0.2) is 55.9 Å². The third-order valence-corrected chi connectivity index (χ3v) is 4.76. The van der Waals surface area contributed by atoms with Crippen molar-refractivity contribution < 1.29 is 9.59 Å². The molecule has 1 aliphatic rings. The maximum absolute atomic E-state index is 12.5. The molecule has 7 heteroatoms. The number of rotatable bonds is 6. The molecule has 7 nitrogen and oxygen atoms in total. The molecule has 0 spiro atoms. The van der Waals surface area contributed by atoms with Crippen molar-refractivity contribution in [3.63, 3.8) is 0 Å². The molecule has 0 unspecified atom stereocenters. The average Bonchev–Trinajstić information content (AvgIpc) is 2.76. The van der Waals surface area contributed by atoms with E-state index in [0.717, 1.165) is 24.5 Å². The van der Waals surface area contributed by atoms with E-state index >= 15 is 0 Å². The quantitative estimate of drug-likeness (QED) is 0.508. The van der Waals surface area contributed by atoms with Gasteiger partial charge in [-0.3, -0.25) is 14.6 Å². The Kier molecular flexibility index (Phi) is 7.22. The Balaban J connectivity index is 1.46. The molecular formula is C22H27N5O2. The zero-order valence-corrected chi connectivity index (χ0v) is 16.6. The SMILES string of the molecule is CN=C(NCCc1ccccc1)NCc1ccc(C(=O)N2CCNC(=O)C2)cc1. The summed E-state index contributed by atoms with van der Waals surface area (Å²) in [5.41, 5.74) is 2.92. The smallest absolute Gasteiger partial charge is 0.254 e. The van der Waals surface area contributed by atoms with E-state index in [9.17, 15) is 9.59 Å². The van der Waals surface area contributed by atoms with E-state index in [4.69, 9.17) is 0 Å². The molecule has 0 bridgehead atoms. The molecule has 2 amide bonds. The van der Waals surface area contributed by atoms with Crippen LogP contribution in [0.5, 0.6) is 0 Å². The van der Waals surface area contributed by atoms with Crippen LogP contribution < -0.4 is 16.0 Å². The molecule has 3 rings (SSSR count). The zero-order valence-electron chi connectivity index (χ0n) is 16.6. The maximum Gasteiger partial charge on any atom is 0.254 e. The number of amides is 2. The van der Waals surface area contributed by atoms with Crippen LogP contribution in [0, 0.1) is 0 Å². The molecule has 29 heavy (non-hydrogen) atoms. The van der Waals surface area contributed by atoms with Gasteiger partial charge in [0.1, 0.15) is 0 Å². The number of carbonyl (C=O) groups is 2. The lowest BCUT2D eigenvalue weighted by Gasteiger charge is -2.26. The second kappa shape index (κ2) is 10.3. The number of nitrogens with zero attached hydrogens (tertiary/aromatic N) is 2. The zero-order chi connectivity index (χ0) is 20.5. The van der Waals surface area contributed by atoms with Gasteiger partial charge in [0.25, 0.3) is 5.91 Å². The molecule has 0 saturated carbocycles. The number of aliphatic imine (C=N–C) groups is 1. The van der Waals surface area contributed by atoms with Crippen LogP contribution in [0.4, 0.5) is 0 Å². The lowest BCUT2D eigenvalue weighted by molar-refractivity contribution is -0.123. The second-order valence-corrected chi connectivity index (χ2v) is 6.86. The Hall–Kier alpha value is -3.35. The number of piperazine rings is 1. The van der Waals surface area contributed by atoms with Gasteiger partial charge in [0.15, 0.2) is 5.96 Å². The third-order valence-electron chi connectivity index (χ3n) is 4.76. The standard InChI is InChI=1S/C22H27N5O2/c1-23-22(25-12-11-17-5-3-2-4-6-17)26-15-18-7-9-19(10-8-18)21(29)27-14-13-24-20(28)16-27/h2-10H,11-16H2,1H3,(H,24,28)(H2,23,25,26). The van der Waals surface area contributed by atoms with Crippen molar-refractivity contribution in [2.75, 3.05) is 33.2 Å². The van der Waals surface area contributed by atoms with Crippen LogP contribution >= 0.6 is 0 Å². The highest BCUT2D eigenvalue weighted by atomic mass is 16.2. The van der Waals surface area contributed by atoms with Gasteiger partial charge < -0.3 is 20.9 Å². The van der Waals surface area contributed by atoms with Crippen molar-refractivity contribution in [1.82, 2.24) is 20.9 Å². The highest BCUT2D eigenvalue weighted by Gasteiger charge is 2.22. The molecule has 0 atom stereocenters. The molecule has 1 heterocycles. The van der Waals surface area contributed by atoms with Gasteiger partial charge in [0.2, 0.25) is 5.91 Å². The van der Waals surface area contributed by atoms with Gasteiger partial charge in [-0.05, 0) is 29.7 Å². The van der Waals surface area contributed by atoms with Crippen LogP contribution in [-0.2, 0) is 17.8 Å². The topological polar surface area (TPSA) is 85.8 Å². The Bertz CT molecular complexity index is 849. The van der Waals surface area contributed by atoms with E-state index in [1.54, 1.807) is 24.1 Å². The molecule has 152 valence electrons. The van der Waals surface area contributed by atoms with Crippen molar-refractivity contribution in [3.05, 3.63) is 71.3 Å². The summed E-state index contributed by atoms with van der Waals surface area (Å²) in [6.07, 6.45) is 0.923. The number of nitrogens with one attached hydrogen (secondary N) is 3. The molecule has 0 aliphatic carbocycles. The summed E-state index contributed by atoms with van der Waals surface area (Å²) in [5, 5.41) is 9.31. The minimum atomic E-state index is -0.114. The fourth-order valence-corrected chi connectivity index (χ4v) is 3.14. The molecular weight excluding hydrogens is 366 g/mol. The lowest BCUT2D eigenvalue weighted by Crippen LogP contribution is -2.49. The molecule has 2 aromatic carbocycles. The number of guanidine groups is 1. The van der Waals surface area contributed by atoms with Crippen molar-refractivity contribution >= 4 is 17.8 Å². The first kappa shape index (κ1) is 20.4. The molecule has 2 aromatic rings. The molecule has 0 aromatic heterocycles. The van der Waals surface area contributed by atoms with Crippen LogP contribution in [0.1, 0.15) is 21.5 Å².